The number of nitrogens with zero attached hydrogens (tertiary/aromatic N) is 2. The third kappa shape index (κ3) is 2.48. The number of fused-ring (bicyclic) bond motifs is 1. The van der Waals surface area contributed by atoms with Crippen molar-refractivity contribution in [3.63, 3.8) is 0 Å². The van der Waals surface area contributed by atoms with E-state index in [1.54, 1.807) is 17.7 Å². The maximum atomic E-state index is 5.77. The highest BCUT2D eigenvalue weighted by Crippen LogP contribution is 2.24. The van der Waals surface area contributed by atoms with E-state index in [0.29, 0.717) is 6.04 Å². The Labute approximate surface area is 98.9 Å². The zero-order valence-electron chi connectivity index (χ0n) is 9.47. The molecular formula is C11H16N4S. The molecule has 0 aliphatic rings. The predicted molar refractivity (Wildman–Crippen MR) is 68.8 cm³/mol. The van der Waals surface area contributed by atoms with Crippen LogP contribution in [-0.2, 0) is 0 Å². The summed E-state index contributed by atoms with van der Waals surface area (Å²) in [5, 5.41) is 6.49. The lowest BCUT2D eigenvalue weighted by Gasteiger charge is -2.16. The largest absolute Gasteiger partial charge is 0.367 e. The molecule has 2 aromatic rings. The van der Waals surface area contributed by atoms with Gasteiger partial charge in [-0.3, -0.25) is 0 Å². The second-order valence-corrected chi connectivity index (χ2v) is 5.01. The van der Waals surface area contributed by atoms with Crippen LogP contribution in [0.2, 0.25) is 0 Å². The molecule has 2 rings (SSSR count). The smallest absolute Gasteiger partial charge is 0.138 e. The van der Waals surface area contributed by atoms with Gasteiger partial charge in [0.15, 0.2) is 0 Å². The molecule has 5 heteroatoms. The first-order chi connectivity index (χ1) is 7.66. The first-order valence-corrected chi connectivity index (χ1v) is 6.25. The molecule has 0 fully saturated rings. The van der Waals surface area contributed by atoms with Crippen molar-refractivity contribution in [2.75, 3.05) is 5.32 Å². The molecule has 2 unspecified atom stereocenters. The molecule has 0 amide bonds. The van der Waals surface area contributed by atoms with Crippen molar-refractivity contribution in [1.29, 1.82) is 0 Å². The van der Waals surface area contributed by atoms with Gasteiger partial charge in [0.25, 0.3) is 0 Å². The quantitative estimate of drug-likeness (QED) is 0.854. The summed E-state index contributed by atoms with van der Waals surface area (Å²) in [6.45, 7) is 4.13. The van der Waals surface area contributed by atoms with Gasteiger partial charge >= 0.3 is 0 Å². The molecule has 0 aliphatic heterocycles. The van der Waals surface area contributed by atoms with Crippen molar-refractivity contribution >= 4 is 27.4 Å². The highest BCUT2D eigenvalue weighted by Gasteiger charge is 2.09. The van der Waals surface area contributed by atoms with Crippen LogP contribution in [0, 0.1) is 0 Å². The summed E-state index contributed by atoms with van der Waals surface area (Å²) < 4.78 is 0. The van der Waals surface area contributed by atoms with E-state index in [0.717, 1.165) is 22.5 Å². The molecular weight excluding hydrogens is 220 g/mol. The van der Waals surface area contributed by atoms with Gasteiger partial charge in [-0.2, -0.15) is 0 Å². The molecule has 0 saturated carbocycles. The van der Waals surface area contributed by atoms with Gasteiger partial charge in [-0.1, -0.05) is 0 Å². The number of thiophene rings is 1. The molecule has 4 nitrogen and oxygen atoms in total. The van der Waals surface area contributed by atoms with Gasteiger partial charge in [0.05, 0.1) is 5.39 Å². The van der Waals surface area contributed by atoms with E-state index >= 15 is 0 Å². The zero-order chi connectivity index (χ0) is 11.5. The fourth-order valence-electron chi connectivity index (χ4n) is 1.76. The summed E-state index contributed by atoms with van der Waals surface area (Å²) >= 11 is 1.63. The van der Waals surface area contributed by atoms with Crippen LogP contribution in [0.5, 0.6) is 0 Å². The third-order valence-corrected chi connectivity index (χ3v) is 3.19. The van der Waals surface area contributed by atoms with E-state index in [-0.39, 0.29) is 6.04 Å². The van der Waals surface area contributed by atoms with Gasteiger partial charge in [-0.25, -0.2) is 9.97 Å². The zero-order valence-corrected chi connectivity index (χ0v) is 10.3. The number of anilines is 1. The molecule has 0 spiro atoms. The number of hydrogen-bond donors (Lipinski definition) is 2. The van der Waals surface area contributed by atoms with E-state index in [1.807, 2.05) is 18.4 Å². The summed E-state index contributed by atoms with van der Waals surface area (Å²) in [6, 6.07) is 2.56. The average molecular weight is 236 g/mol. The topological polar surface area (TPSA) is 63.8 Å². The Hall–Kier alpha value is -1.20. The van der Waals surface area contributed by atoms with Crippen LogP contribution < -0.4 is 11.1 Å². The number of nitrogens with two attached hydrogens (primary N) is 1. The molecule has 2 heterocycles. The Morgan fingerprint density at radius 3 is 3.00 bits per heavy atom. The standard InChI is InChI=1S/C11H16N4S/c1-7(12)5-8(2)15-10-9-3-4-16-11(9)14-6-13-10/h3-4,6-8H,5,12H2,1-2H3,(H,13,14,15). The van der Waals surface area contributed by atoms with Gasteiger partial charge in [0.1, 0.15) is 17.0 Å². The normalized spacial score (nSPS) is 14.9. The van der Waals surface area contributed by atoms with E-state index in [1.165, 1.54) is 0 Å². The molecule has 0 aliphatic carbocycles. The maximum Gasteiger partial charge on any atom is 0.138 e. The van der Waals surface area contributed by atoms with Crippen molar-refractivity contribution in [2.24, 2.45) is 5.73 Å². The average Bonchev–Trinajstić information content (AvgIpc) is 2.65. The number of hydrogen-bond acceptors (Lipinski definition) is 5. The first kappa shape index (κ1) is 11.3. The molecule has 0 saturated heterocycles. The first-order valence-electron chi connectivity index (χ1n) is 5.37. The number of aromatic nitrogens is 2. The van der Waals surface area contributed by atoms with Crippen LogP contribution >= 0.6 is 11.3 Å². The highest BCUT2D eigenvalue weighted by molar-refractivity contribution is 7.16. The predicted octanol–water partition coefficient (Wildman–Crippen LogP) is 2.23. The SMILES string of the molecule is CC(N)CC(C)Nc1ncnc2sccc12. The molecule has 0 radical (unpaired) electrons. The summed E-state index contributed by atoms with van der Waals surface area (Å²) in [6.07, 6.45) is 2.52. The minimum Gasteiger partial charge on any atom is -0.367 e. The highest BCUT2D eigenvalue weighted by atomic mass is 32.1. The van der Waals surface area contributed by atoms with Crippen molar-refractivity contribution < 1.29 is 0 Å². The lowest BCUT2D eigenvalue weighted by molar-refractivity contribution is 0.604. The van der Waals surface area contributed by atoms with Crippen molar-refractivity contribution in [1.82, 2.24) is 9.97 Å². The maximum absolute atomic E-state index is 5.77. The fourth-order valence-corrected chi connectivity index (χ4v) is 2.49. The molecule has 3 N–H and O–H groups in total. The third-order valence-electron chi connectivity index (χ3n) is 2.37. The van der Waals surface area contributed by atoms with Gasteiger partial charge in [-0.15, -0.1) is 11.3 Å². The van der Waals surface area contributed by atoms with Crippen LogP contribution in [0.4, 0.5) is 5.82 Å². The van der Waals surface area contributed by atoms with Crippen LogP contribution in [0.15, 0.2) is 17.8 Å². The van der Waals surface area contributed by atoms with E-state index in [9.17, 15) is 0 Å². The minimum absolute atomic E-state index is 0.197. The Morgan fingerprint density at radius 2 is 2.25 bits per heavy atom. The Bertz CT molecular complexity index is 466. The summed E-state index contributed by atoms with van der Waals surface area (Å²) in [7, 11) is 0. The fraction of sp³-hybridized carbons (Fsp3) is 0.455. The molecule has 16 heavy (non-hydrogen) atoms. The Morgan fingerprint density at radius 1 is 1.44 bits per heavy atom. The molecule has 2 atom stereocenters. The van der Waals surface area contributed by atoms with Gasteiger partial charge < -0.3 is 11.1 Å². The summed E-state index contributed by atoms with van der Waals surface area (Å²) in [4.78, 5) is 9.50. The number of nitrogens with one attached hydrogen (secondary N) is 1. The van der Waals surface area contributed by atoms with E-state index in [4.69, 9.17) is 5.73 Å². The van der Waals surface area contributed by atoms with Crippen molar-refractivity contribution in [2.45, 2.75) is 32.4 Å². The molecule has 2 aromatic heterocycles. The minimum atomic E-state index is 0.197. The Kier molecular flexibility index (Phi) is 3.36. The van der Waals surface area contributed by atoms with E-state index < -0.39 is 0 Å². The molecule has 0 aromatic carbocycles. The van der Waals surface area contributed by atoms with E-state index in [2.05, 4.69) is 22.2 Å². The van der Waals surface area contributed by atoms with Crippen LogP contribution in [0.3, 0.4) is 0 Å². The van der Waals surface area contributed by atoms with Crippen LogP contribution in [0.25, 0.3) is 10.2 Å². The Balaban J connectivity index is 2.17. The van der Waals surface area contributed by atoms with Crippen LogP contribution in [-0.4, -0.2) is 22.1 Å². The van der Waals surface area contributed by atoms with Gasteiger partial charge in [0.2, 0.25) is 0 Å². The van der Waals surface area contributed by atoms with Crippen molar-refractivity contribution in [3.8, 4) is 0 Å². The second-order valence-electron chi connectivity index (χ2n) is 4.12. The summed E-state index contributed by atoms with van der Waals surface area (Å²) in [5.74, 6) is 0.902. The molecule has 86 valence electrons. The van der Waals surface area contributed by atoms with Gasteiger partial charge in [-0.05, 0) is 31.7 Å². The van der Waals surface area contributed by atoms with Crippen LogP contribution in [0.1, 0.15) is 20.3 Å². The number of rotatable bonds is 4. The lowest BCUT2D eigenvalue weighted by Crippen LogP contribution is -2.26. The summed E-state index contributed by atoms with van der Waals surface area (Å²) in [5.41, 5.74) is 5.77. The lowest BCUT2D eigenvalue weighted by atomic mass is 10.1. The van der Waals surface area contributed by atoms with Crippen molar-refractivity contribution in [3.05, 3.63) is 17.8 Å². The molecule has 0 bridgehead atoms. The second kappa shape index (κ2) is 4.76. The van der Waals surface area contributed by atoms with Gasteiger partial charge in [0, 0.05) is 12.1 Å². The monoisotopic (exact) mass is 236 g/mol.